The van der Waals surface area contributed by atoms with Crippen molar-refractivity contribution in [2.75, 3.05) is 0 Å². The van der Waals surface area contributed by atoms with Crippen molar-refractivity contribution in [1.29, 1.82) is 0 Å². The highest BCUT2D eigenvalue weighted by molar-refractivity contribution is 6.01. The number of ether oxygens (including phenoxy) is 1. The summed E-state index contributed by atoms with van der Waals surface area (Å²) < 4.78 is 5.21. The van der Waals surface area contributed by atoms with Gasteiger partial charge in [-0.05, 0) is 37.6 Å². The predicted molar refractivity (Wildman–Crippen MR) is 74.2 cm³/mol. The summed E-state index contributed by atoms with van der Waals surface area (Å²) in [7, 11) is 0. The standard InChI is InChI=1S/C16H14O4/c1-10-8-9-13(14(11(2)17)15(10)18)20-16(19)12-6-4-3-5-7-12/h3-9,18H,1-2H3. The number of aryl methyl sites for hydroxylation is 1. The lowest BCUT2D eigenvalue weighted by atomic mass is 10.1. The van der Waals surface area contributed by atoms with Crippen LogP contribution < -0.4 is 4.74 Å². The topological polar surface area (TPSA) is 63.6 Å². The summed E-state index contributed by atoms with van der Waals surface area (Å²) >= 11 is 0. The summed E-state index contributed by atoms with van der Waals surface area (Å²) in [5.41, 5.74) is 0.950. The van der Waals surface area contributed by atoms with E-state index in [1.165, 1.54) is 13.0 Å². The van der Waals surface area contributed by atoms with Gasteiger partial charge < -0.3 is 9.84 Å². The summed E-state index contributed by atoms with van der Waals surface area (Å²) in [5.74, 6) is -1.02. The number of benzene rings is 2. The quantitative estimate of drug-likeness (QED) is 0.528. The molecule has 0 atom stereocenters. The van der Waals surface area contributed by atoms with Crippen LogP contribution in [0.4, 0.5) is 0 Å². The Balaban J connectivity index is 2.37. The monoisotopic (exact) mass is 270 g/mol. The Morgan fingerprint density at radius 2 is 1.70 bits per heavy atom. The van der Waals surface area contributed by atoms with Crippen molar-refractivity contribution in [2.45, 2.75) is 13.8 Å². The van der Waals surface area contributed by atoms with Gasteiger partial charge in [0.25, 0.3) is 0 Å². The minimum atomic E-state index is -0.573. The van der Waals surface area contributed by atoms with Gasteiger partial charge in [-0.2, -0.15) is 0 Å². The van der Waals surface area contributed by atoms with E-state index in [0.29, 0.717) is 11.1 Å². The van der Waals surface area contributed by atoms with Crippen molar-refractivity contribution >= 4 is 11.8 Å². The van der Waals surface area contributed by atoms with E-state index in [0.717, 1.165) is 0 Å². The zero-order chi connectivity index (χ0) is 14.7. The molecule has 4 heteroatoms. The van der Waals surface area contributed by atoms with Crippen LogP contribution in [0.1, 0.15) is 33.2 Å². The maximum atomic E-state index is 12.0. The van der Waals surface area contributed by atoms with Crippen LogP contribution in [0.3, 0.4) is 0 Å². The van der Waals surface area contributed by atoms with Crippen molar-refractivity contribution in [3.8, 4) is 11.5 Å². The van der Waals surface area contributed by atoms with Gasteiger partial charge in [0.05, 0.1) is 5.56 Å². The second kappa shape index (κ2) is 5.57. The zero-order valence-corrected chi connectivity index (χ0v) is 11.2. The largest absolute Gasteiger partial charge is 0.507 e. The highest BCUT2D eigenvalue weighted by atomic mass is 16.5. The summed E-state index contributed by atoms with van der Waals surface area (Å²) in [6.45, 7) is 2.99. The van der Waals surface area contributed by atoms with Gasteiger partial charge in [-0.15, -0.1) is 0 Å². The fourth-order valence-electron chi connectivity index (χ4n) is 1.84. The normalized spacial score (nSPS) is 10.1. The minimum absolute atomic E-state index is 0.0225. The number of ketones is 1. The summed E-state index contributed by atoms with van der Waals surface area (Å²) in [5, 5.41) is 9.92. The molecule has 0 heterocycles. The maximum absolute atomic E-state index is 12.0. The molecule has 102 valence electrons. The number of aromatic hydroxyl groups is 1. The summed E-state index contributed by atoms with van der Waals surface area (Å²) in [6, 6.07) is 11.6. The number of hydrogen-bond acceptors (Lipinski definition) is 4. The molecule has 0 bridgehead atoms. The molecule has 0 fully saturated rings. The van der Waals surface area contributed by atoms with Gasteiger partial charge >= 0.3 is 5.97 Å². The predicted octanol–water partition coefficient (Wildman–Crippen LogP) is 3.12. The molecule has 0 aromatic heterocycles. The van der Waals surface area contributed by atoms with Gasteiger partial charge in [0.2, 0.25) is 0 Å². The highest BCUT2D eigenvalue weighted by Gasteiger charge is 2.19. The second-order valence-corrected chi connectivity index (χ2v) is 4.42. The molecule has 0 aliphatic rings. The molecule has 20 heavy (non-hydrogen) atoms. The Hall–Kier alpha value is -2.62. The Bertz CT molecular complexity index is 660. The molecule has 0 radical (unpaired) electrons. The molecule has 2 rings (SSSR count). The first-order valence-electron chi connectivity index (χ1n) is 6.11. The van der Waals surface area contributed by atoms with Gasteiger partial charge in [0.15, 0.2) is 5.78 Å². The fraction of sp³-hybridized carbons (Fsp3) is 0.125. The van der Waals surface area contributed by atoms with Crippen LogP contribution in [0, 0.1) is 6.92 Å². The van der Waals surface area contributed by atoms with Crippen LogP contribution in [0.15, 0.2) is 42.5 Å². The number of rotatable bonds is 3. The van der Waals surface area contributed by atoms with Crippen LogP contribution in [-0.2, 0) is 0 Å². The molecule has 0 spiro atoms. The second-order valence-electron chi connectivity index (χ2n) is 4.42. The smallest absolute Gasteiger partial charge is 0.343 e. The molecule has 2 aromatic carbocycles. The number of hydrogen-bond donors (Lipinski definition) is 1. The third-order valence-electron chi connectivity index (χ3n) is 2.91. The number of phenolic OH excluding ortho intramolecular Hbond substituents is 1. The molecule has 0 saturated heterocycles. The van der Waals surface area contributed by atoms with Gasteiger partial charge in [-0.3, -0.25) is 4.79 Å². The number of carbonyl (C=O) groups excluding carboxylic acids is 2. The van der Waals surface area contributed by atoms with Crippen molar-refractivity contribution in [3.05, 3.63) is 59.2 Å². The van der Waals surface area contributed by atoms with Crippen LogP contribution >= 0.6 is 0 Å². The average Bonchev–Trinajstić information content (AvgIpc) is 2.43. The van der Waals surface area contributed by atoms with E-state index in [1.807, 2.05) is 0 Å². The van der Waals surface area contributed by atoms with Crippen molar-refractivity contribution in [1.82, 2.24) is 0 Å². The molecule has 2 aromatic rings. The van der Waals surface area contributed by atoms with Crippen LogP contribution in [0.25, 0.3) is 0 Å². The highest BCUT2D eigenvalue weighted by Crippen LogP contribution is 2.31. The van der Waals surface area contributed by atoms with Crippen molar-refractivity contribution in [3.63, 3.8) is 0 Å². The van der Waals surface area contributed by atoms with E-state index in [1.54, 1.807) is 43.3 Å². The van der Waals surface area contributed by atoms with E-state index >= 15 is 0 Å². The Morgan fingerprint density at radius 1 is 1.05 bits per heavy atom. The van der Waals surface area contributed by atoms with Crippen LogP contribution in [-0.4, -0.2) is 16.9 Å². The van der Waals surface area contributed by atoms with Gasteiger partial charge in [0.1, 0.15) is 17.1 Å². The van der Waals surface area contributed by atoms with E-state index in [2.05, 4.69) is 0 Å². The number of esters is 1. The van der Waals surface area contributed by atoms with Gasteiger partial charge in [-0.1, -0.05) is 24.3 Å². The first kappa shape index (κ1) is 13.8. The van der Waals surface area contributed by atoms with Crippen molar-refractivity contribution in [2.24, 2.45) is 0 Å². The molecular formula is C16H14O4. The molecular weight excluding hydrogens is 256 g/mol. The number of carbonyl (C=O) groups is 2. The lowest BCUT2D eigenvalue weighted by molar-refractivity contribution is 0.0732. The summed E-state index contributed by atoms with van der Waals surface area (Å²) in [6.07, 6.45) is 0. The number of phenols is 1. The molecule has 1 N–H and O–H groups in total. The number of Topliss-reactive ketones (excluding diaryl/α,β-unsaturated/α-hetero) is 1. The fourth-order valence-corrected chi connectivity index (χ4v) is 1.84. The molecule has 0 amide bonds. The zero-order valence-electron chi connectivity index (χ0n) is 11.2. The van der Waals surface area contributed by atoms with Crippen molar-refractivity contribution < 1.29 is 19.4 Å². The molecule has 4 nitrogen and oxygen atoms in total. The van der Waals surface area contributed by atoms with Gasteiger partial charge in [0, 0.05) is 0 Å². The molecule has 0 aliphatic carbocycles. The summed E-state index contributed by atoms with van der Waals surface area (Å²) in [4.78, 5) is 23.6. The average molecular weight is 270 g/mol. The third kappa shape index (κ3) is 2.69. The van der Waals surface area contributed by atoms with Crippen LogP contribution in [0.2, 0.25) is 0 Å². The molecule has 0 unspecified atom stereocenters. The van der Waals surface area contributed by atoms with E-state index in [-0.39, 0.29) is 22.8 Å². The van der Waals surface area contributed by atoms with Gasteiger partial charge in [-0.25, -0.2) is 4.79 Å². The first-order valence-corrected chi connectivity index (χ1v) is 6.11. The SMILES string of the molecule is CC(=O)c1c(OC(=O)c2ccccc2)ccc(C)c1O. The van der Waals surface area contributed by atoms with E-state index in [4.69, 9.17) is 4.74 Å². The molecule has 0 aliphatic heterocycles. The Morgan fingerprint density at radius 3 is 2.30 bits per heavy atom. The Labute approximate surface area is 116 Å². The lowest BCUT2D eigenvalue weighted by Crippen LogP contribution is -2.11. The van der Waals surface area contributed by atoms with E-state index < -0.39 is 5.97 Å². The Kier molecular flexibility index (Phi) is 3.84. The minimum Gasteiger partial charge on any atom is -0.507 e. The third-order valence-corrected chi connectivity index (χ3v) is 2.91. The lowest BCUT2D eigenvalue weighted by Gasteiger charge is -2.11. The van der Waals surface area contributed by atoms with E-state index in [9.17, 15) is 14.7 Å². The first-order chi connectivity index (χ1) is 9.50. The maximum Gasteiger partial charge on any atom is 0.343 e. The van der Waals surface area contributed by atoms with Crippen LogP contribution in [0.5, 0.6) is 11.5 Å². The molecule has 0 saturated carbocycles.